The van der Waals surface area contributed by atoms with Crippen molar-refractivity contribution in [2.45, 2.75) is 12.8 Å². The van der Waals surface area contributed by atoms with Crippen molar-refractivity contribution < 1.29 is 39.0 Å². The molecule has 0 aliphatic heterocycles. The van der Waals surface area contributed by atoms with Crippen LogP contribution >= 0.6 is 0 Å². The van der Waals surface area contributed by atoms with Crippen molar-refractivity contribution >= 4 is 23.6 Å². The van der Waals surface area contributed by atoms with Gasteiger partial charge in [0.15, 0.2) is 0 Å². The number of carbonyl (C=O) groups is 3. The highest BCUT2D eigenvalue weighted by molar-refractivity contribution is 5.90. The van der Waals surface area contributed by atoms with Gasteiger partial charge in [0.25, 0.3) is 0 Å². The lowest BCUT2D eigenvalue weighted by atomic mass is 10.1. The normalized spacial score (nSPS) is 10.2. The van der Waals surface area contributed by atoms with Gasteiger partial charge in [-0.2, -0.15) is 0 Å². The third-order valence-electron chi connectivity index (χ3n) is 3.54. The van der Waals surface area contributed by atoms with Crippen LogP contribution in [0.2, 0.25) is 0 Å². The number of nitro benzene ring substituents is 1. The molecule has 0 aliphatic carbocycles. The van der Waals surface area contributed by atoms with Crippen molar-refractivity contribution in [3.8, 4) is 11.5 Å². The van der Waals surface area contributed by atoms with E-state index in [1.165, 1.54) is 30.3 Å². The number of carbonyl (C=O) groups excluding carboxylic acids is 1. The highest BCUT2D eigenvalue weighted by Gasteiger charge is 2.20. The zero-order chi connectivity index (χ0) is 20.8. The number of aliphatic carboxylic acids is 2. The van der Waals surface area contributed by atoms with Crippen LogP contribution in [0.3, 0.4) is 0 Å². The fourth-order valence-electron chi connectivity index (χ4n) is 2.46. The van der Waals surface area contributed by atoms with Crippen LogP contribution in [-0.2, 0) is 27.2 Å². The van der Waals surface area contributed by atoms with Crippen LogP contribution in [0.1, 0.15) is 21.5 Å². The lowest BCUT2D eigenvalue weighted by Crippen LogP contribution is -2.05. The summed E-state index contributed by atoms with van der Waals surface area (Å²) in [6.07, 6.45) is -0.764. The van der Waals surface area contributed by atoms with Gasteiger partial charge in [-0.3, -0.25) is 19.7 Å². The van der Waals surface area contributed by atoms with Gasteiger partial charge in [0.1, 0.15) is 5.75 Å². The Morgan fingerprint density at radius 2 is 1.57 bits per heavy atom. The molecule has 0 atom stereocenters. The summed E-state index contributed by atoms with van der Waals surface area (Å²) in [4.78, 5) is 44.0. The predicted octanol–water partition coefficient (Wildman–Crippen LogP) is 2.43. The molecule has 0 aromatic heterocycles. The number of hydrogen-bond acceptors (Lipinski definition) is 7. The molecule has 2 aromatic rings. The number of ether oxygens (including phenoxy) is 2. The number of nitro groups is 1. The lowest BCUT2D eigenvalue weighted by Gasteiger charge is -2.10. The summed E-state index contributed by atoms with van der Waals surface area (Å²) in [6, 6.07) is 7.55. The van der Waals surface area contributed by atoms with Crippen LogP contribution in [0.25, 0.3) is 0 Å². The number of rotatable bonds is 8. The Kier molecular flexibility index (Phi) is 6.27. The second-order valence-corrected chi connectivity index (χ2v) is 5.66. The molecule has 2 rings (SSSR count). The van der Waals surface area contributed by atoms with Crippen molar-refractivity contribution in [3.05, 3.63) is 63.2 Å². The molecule has 2 N–H and O–H groups in total. The van der Waals surface area contributed by atoms with Gasteiger partial charge in [-0.15, -0.1) is 0 Å². The molecule has 0 spiro atoms. The van der Waals surface area contributed by atoms with E-state index in [0.717, 1.165) is 13.2 Å². The van der Waals surface area contributed by atoms with Crippen molar-refractivity contribution in [1.29, 1.82) is 0 Å². The topological polar surface area (TPSA) is 153 Å². The van der Waals surface area contributed by atoms with Crippen LogP contribution in [0.15, 0.2) is 36.4 Å². The van der Waals surface area contributed by atoms with Gasteiger partial charge in [0.2, 0.25) is 5.75 Å². The number of benzene rings is 2. The molecule has 2 aromatic carbocycles. The van der Waals surface area contributed by atoms with Gasteiger partial charge in [0, 0.05) is 6.07 Å². The Morgan fingerprint density at radius 1 is 1.00 bits per heavy atom. The summed E-state index contributed by atoms with van der Waals surface area (Å²) in [5, 5.41) is 29.2. The van der Waals surface area contributed by atoms with Gasteiger partial charge < -0.3 is 19.7 Å². The van der Waals surface area contributed by atoms with Gasteiger partial charge in [-0.1, -0.05) is 6.07 Å². The monoisotopic (exact) mass is 389 g/mol. The smallest absolute Gasteiger partial charge is 0.338 e. The summed E-state index contributed by atoms with van der Waals surface area (Å²) in [6.45, 7) is 0. The fourth-order valence-corrected chi connectivity index (χ4v) is 2.46. The van der Waals surface area contributed by atoms with Gasteiger partial charge in [-0.25, -0.2) is 4.79 Å². The molecular formula is C18H15NO9. The zero-order valence-corrected chi connectivity index (χ0v) is 14.6. The van der Waals surface area contributed by atoms with E-state index in [0.29, 0.717) is 0 Å². The Hall–Kier alpha value is -3.95. The largest absolute Gasteiger partial charge is 0.481 e. The minimum absolute atomic E-state index is 0.0314. The standard InChI is InChI=1S/C18H15NO9/c1-27-18(24)12-2-3-15(14(9-12)19(25)26)28-13-5-10(7-16(20)21)4-11(6-13)8-17(22)23/h2-6,9H,7-8H2,1H3,(H,20,21)(H,22,23). The third kappa shape index (κ3) is 5.27. The minimum Gasteiger partial charge on any atom is -0.481 e. The SMILES string of the molecule is COC(=O)c1ccc(Oc2cc(CC(=O)O)cc(CC(=O)O)c2)c([N+](=O)[O-])c1. The second kappa shape index (κ2) is 8.62. The van der Waals surface area contributed by atoms with Crippen LogP contribution in [0, 0.1) is 10.1 Å². The summed E-state index contributed by atoms with van der Waals surface area (Å²) in [5.41, 5.74) is -0.00997. The van der Waals surface area contributed by atoms with E-state index in [1.807, 2.05) is 0 Å². The number of methoxy groups -OCH3 is 1. The molecule has 10 nitrogen and oxygen atoms in total. The zero-order valence-electron chi connectivity index (χ0n) is 14.6. The summed E-state index contributed by atoms with van der Waals surface area (Å²) < 4.78 is 10.0. The Balaban J connectivity index is 2.45. The molecule has 28 heavy (non-hydrogen) atoms. The number of hydrogen-bond donors (Lipinski definition) is 2. The van der Waals surface area contributed by atoms with E-state index in [9.17, 15) is 24.5 Å². The number of nitrogens with zero attached hydrogens (tertiary/aromatic N) is 1. The Morgan fingerprint density at radius 3 is 2.04 bits per heavy atom. The molecule has 0 saturated heterocycles. The van der Waals surface area contributed by atoms with Crippen LogP contribution in [0.4, 0.5) is 5.69 Å². The van der Waals surface area contributed by atoms with Crippen LogP contribution in [0.5, 0.6) is 11.5 Å². The van der Waals surface area contributed by atoms with E-state index < -0.39 is 28.5 Å². The third-order valence-corrected chi connectivity index (χ3v) is 3.54. The molecule has 0 heterocycles. The maximum Gasteiger partial charge on any atom is 0.338 e. The fraction of sp³-hybridized carbons (Fsp3) is 0.167. The van der Waals surface area contributed by atoms with E-state index >= 15 is 0 Å². The highest BCUT2D eigenvalue weighted by atomic mass is 16.6. The molecule has 0 bridgehead atoms. The predicted molar refractivity (Wildman–Crippen MR) is 93.6 cm³/mol. The average molecular weight is 389 g/mol. The van der Waals surface area contributed by atoms with E-state index in [4.69, 9.17) is 14.9 Å². The number of carboxylic acids is 2. The van der Waals surface area contributed by atoms with Gasteiger partial charge in [-0.05, 0) is 35.4 Å². The molecular weight excluding hydrogens is 374 g/mol. The summed E-state index contributed by atoms with van der Waals surface area (Å²) >= 11 is 0. The molecule has 0 fully saturated rings. The second-order valence-electron chi connectivity index (χ2n) is 5.66. The molecule has 0 aliphatic rings. The Labute approximate surface area is 158 Å². The maximum absolute atomic E-state index is 11.6. The first-order valence-corrected chi connectivity index (χ1v) is 7.80. The molecule has 10 heteroatoms. The first-order valence-electron chi connectivity index (χ1n) is 7.80. The molecule has 0 unspecified atom stereocenters. The van der Waals surface area contributed by atoms with Crippen molar-refractivity contribution in [2.75, 3.05) is 7.11 Å². The van der Waals surface area contributed by atoms with Crippen molar-refractivity contribution in [2.24, 2.45) is 0 Å². The summed E-state index contributed by atoms with van der Waals surface area (Å²) in [7, 11) is 1.14. The first-order chi connectivity index (χ1) is 13.2. The lowest BCUT2D eigenvalue weighted by molar-refractivity contribution is -0.385. The molecule has 146 valence electrons. The highest BCUT2D eigenvalue weighted by Crippen LogP contribution is 2.33. The molecule has 0 amide bonds. The Bertz CT molecular complexity index is 918. The molecule has 0 radical (unpaired) electrons. The quantitative estimate of drug-likeness (QED) is 0.393. The summed E-state index contributed by atoms with van der Waals surface area (Å²) in [5.74, 6) is -3.20. The minimum atomic E-state index is -1.13. The average Bonchev–Trinajstić information content (AvgIpc) is 2.59. The van der Waals surface area contributed by atoms with Gasteiger partial charge in [0.05, 0.1) is 30.4 Å². The number of carboxylic acid groups (broad SMARTS) is 2. The van der Waals surface area contributed by atoms with Crippen LogP contribution < -0.4 is 4.74 Å². The van der Waals surface area contributed by atoms with Crippen molar-refractivity contribution in [1.82, 2.24) is 0 Å². The van der Waals surface area contributed by atoms with E-state index in [1.54, 1.807) is 0 Å². The number of esters is 1. The van der Waals surface area contributed by atoms with Crippen molar-refractivity contribution in [3.63, 3.8) is 0 Å². The maximum atomic E-state index is 11.6. The first kappa shape index (κ1) is 20.4. The van der Waals surface area contributed by atoms with Gasteiger partial charge >= 0.3 is 23.6 Å². The van der Waals surface area contributed by atoms with E-state index in [2.05, 4.69) is 4.74 Å². The van der Waals surface area contributed by atoms with E-state index in [-0.39, 0.29) is 41.0 Å². The van der Waals surface area contributed by atoms with Crippen LogP contribution in [-0.4, -0.2) is 40.2 Å². The molecule has 0 saturated carbocycles.